The van der Waals surface area contributed by atoms with Crippen molar-refractivity contribution in [3.05, 3.63) is 126 Å². The number of pyridine rings is 1. The molecule has 0 saturated carbocycles. The summed E-state index contributed by atoms with van der Waals surface area (Å²) in [5.41, 5.74) is 3.51. The molecule has 0 N–H and O–H groups in total. The number of aromatic nitrogens is 1. The Kier molecular flexibility index (Phi) is 4.38. The van der Waals surface area contributed by atoms with Crippen LogP contribution in [0.4, 0.5) is 0 Å². The average Bonchev–Trinajstić information content (AvgIpc) is 2.80. The standard InChI is InChI=1S/C27H19NO/c29-27(20-12-5-2-6-13-20)25(19-10-3-1-4-11-19)24-18-21-14-7-8-15-22(21)23-16-9-17-28-26(23)24/h1-18,25H. The van der Waals surface area contributed by atoms with Gasteiger partial charge in [-0.15, -0.1) is 0 Å². The number of carbonyl (C=O) groups excluding carboxylic acids is 1. The van der Waals surface area contributed by atoms with Crippen molar-refractivity contribution in [2.24, 2.45) is 0 Å². The summed E-state index contributed by atoms with van der Waals surface area (Å²) in [7, 11) is 0. The highest BCUT2D eigenvalue weighted by Gasteiger charge is 2.26. The zero-order valence-electron chi connectivity index (χ0n) is 15.8. The first-order chi connectivity index (χ1) is 14.3. The minimum atomic E-state index is -0.416. The van der Waals surface area contributed by atoms with Crippen LogP contribution in [0.3, 0.4) is 0 Å². The first-order valence-electron chi connectivity index (χ1n) is 9.73. The van der Waals surface area contributed by atoms with Crippen molar-refractivity contribution in [2.45, 2.75) is 5.92 Å². The molecule has 2 heteroatoms. The van der Waals surface area contributed by atoms with Crippen LogP contribution in [-0.2, 0) is 0 Å². The number of rotatable bonds is 4. The number of fused-ring (bicyclic) bond motifs is 3. The molecule has 0 bridgehead atoms. The molecule has 0 aliphatic rings. The maximum atomic E-state index is 13.7. The normalized spacial score (nSPS) is 12.1. The highest BCUT2D eigenvalue weighted by Crippen LogP contribution is 2.36. The monoisotopic (exact) mass is 373 g/mol. The van der Waals surface area contributed by atoms with Crippen molar-refractivity contribution in [1.29, 1.82) is 0 Å². The van der Waals surface area contributed by atoms with E-state index in [0.717, 1.165) is 32.8 Å². The second kappa shape index (κ2) is 7.33. The van der Waals surface area contributed by atoms with Crippen LogP contribution in [0.15, 0.2) is 109 Å². The van der Waals surface area contributed by atoms with Crippen LogP contribution in [0.5, 0.6) is 0 Å². The summed E-state index contributed by atoms with van der Waals surface area (Å²) in [6.07, 6.45) is 1.80. The van der Waals surface area contributed by atoms with E-state index in [0.29, 0.717) is 5.56 Å². The van der Waals surface area contributed by atoms with Crippen molar-refractivity contribution in [3.63, 3.8) is 0 Å². The average molecular weight is 373 g/mol. The summed E-state index contributed by atoms with van der Waals surface area (Å²) in [5, 5.41) is 3.34. The third-order valence-corrected chi connectivity index (χ3v) is 5.41. The summed E-state index contributed by atoms with van der Waals surface area (Å²) < 4.78 is 0. The van der Waals surface area contributed by atoms with Gasteiger partial charge >= 0.3 is 0 Å². The summed E-state index contributed by atoms with van der Waals surface area (Å²) in [5.74, 6) is -0.334. The first kappa shape index (κ1) is 17.3. The van der Waals surface area contributed by atoms with Crippen LogP contribution in [0.25, 0.3) is 21.7 Å². The van der Waals surface area contributed by atoms with Gasteiger partial charge in [-0.05, 0) is 34.0 Å². The van der Waals surface area contributed by atoms with Crippen LogP contribution in [0, 0.1) is 0 Å². The van der Waals surface area contributed by atoms with E-state index in [4.69, 9.17) is 4.98 Å². The number of carbonyl (C=O) groups is 1. The SMILES string of the molecule is O=C(c1ccccc1)C(c1ccccc1)c1cc2ccccc2c2cccnc12. The van der Waals surface area contributed by atoms with Crippen LogP contribution >= 0.6 is 0 Å². The fraction of sp³-hybridized carbons (Fsp3) is 0.0370. The molecule has 0 amide bonds. The van der Waals surface area contributed by atoms with Gasteiger partial charge in [0.1, 0.15) is 0 Å². The van der Waals surface area contributed by atoms with Crippen molar-refractivity contribution < 1.29 is 4.79 Å². The number of ketones is 1. The van der Waals surface area contributed by atoms with Crippen molar-refractivity contribution in [1.82, 2.24) is 4.98 Å². The molecule has 0 fully saturated rings. The van der Waals surface area contributed by atoms with E-state index in [9.17, 15) is 4.79 Å². The summed E-state index contributed by atoms with van der Waals surface area (Å²) in [4.78, 5) is 18.4. The molecule has 0 radical (unpaired) electrons. The van der Waals surface area contributed by atoms with E-state index < -0.39 is 5.92 Å². The molecular weight excluding hydrogens is 354 g/mol. The second-order valence-corrected chi connectivity index (χ2v) is 7.16. The minimum absolute atomic E-state index is 0.0824. The van der Waals surface area contributed by atoms with Gasteiger partial charge in [0.25, 0.3) is 0 Å². The Bertz CT molecular complexity index is 1310. The third-order valence-electron chi connectivity index (χ3n) is 5.41. The molecule has 0 saturated heterocycles. The molecule has 1 unspecified atom stereocenters. The number of nitrogens with zero attached hydrogens (tertiary/aromatic N) is 1. The molecule has 138 valence electrons. The van der Waals surface area contributed by atoms with Gasteiger partial charge in [-0.25, -0.2) is 0 Å². The van der Waals surface area contributed by atoms with Crippen molar-refractivity contribution in [2.75, 3.05) is 0 Å². The maximum Gasteiger partial charge on any atom is 0.174 e. The lowest BCUT2D eigenvalue weighted by atomic mass is 9.82. The predicted molar refractivity (Wildman–Crippen MR) is 118 cm³/mol. The fourth-order valence-corrected chi connectivity index (χ4v) is 4.06. The van der Waals surface area contributed by atoms with Gasteiger partial charge in [-0.2, -0.15) is 0 Å². The summed E-state index contributed by atoms with van der Waals surface area (Å²) >= 11 is 0. The zero-order chi connectivity index (χ0) is 19.6. The molecule has 1 atom stereocenters. The number of benzene rings is 4. The molecule has 1 heterocycles. The van der Waals surface area contributed by atoms with Gasteiger partial charge in [0, 0.05) is 17.1 Å². The van der Waals surface area contributed by atoms with Crippen LogP contribution in [0.1, 0.15) is 27.4 Å². The van der Waals surface area contributed by atoms with E-state index >= 15 is 0 Å². The zero-order valence-corrected chi connectivity index (χ0v) is 15.8. The molecule has 5 rings (SSSR count). The lowest BCUT2D eigenvalue weighted by molar-refractivity contribution is 0.0974. The fourth-order valence-electron chi connectivity index (χ4n) is 4.06. The summed E-state index contributed by atoms with van der Waals surface area (Å²) in [6.45, 7) is 0. The molecule has 0 spiro atoms. The molecule has 5 aromatic rings. The topological polar surface area (TPSA) is 30.0 Å². The van der Waals surface area contributed by atoms with E-state index in [1.165, 1.54) is 0 Å². The Hall–Kier alpha value is -3.78. The van der Waals surface area contributed by atoms with Gasteiger partial charge < -0.3 is 0 Å². The van der Waals surface area contributed by atoms with Crippen LogP contribution in [0.2, 0.25) is 0 Å². The van der Waals surface area contributed by atoms with Crippen LogP contribution in [-0.4, -0.2) is 10.8 Å². The Balaban J connectivity index is 1.82. The van der Waals surface area contributed by atoms with E-state index in [1.54, 1.807) is 6.20 Å². The molecule has 1 aromatic heterocycles. The predicted octanol–water partition coefficient (Wildman–Crippen LogP) is 6.40. The molecule has 0 aliphatic carbocycles. The van der Waals surface area contributed by atoms with E-state index in [2.05, 4.69) is 24.3 Å². The molecule has 4 aromatic carbocycles. The van der Waals surface area contributed by atoms with Crippen molar-refractivity contribution in [3.8, 4) is 0 Å². The number of Topliss-reactive ketones (excluding diaryl/α,β-unsaturated/α-hetero) is 1. The highest BCUT2D eigenvalue weighted by molar-refractivity contribution is 6.11. The second-order valence-electron chi connectivity index (χ2n) is 7.16. The Morgan fingerprint density at radius 3 is 2.14 bits per heavy atom. The molecular formula is C27H19NO. The van der Waals surface area contributed by atoms with Crippen molar-refractivity contribution >= 4 is 27.5 Å². The van der Waals surface area contributed by atoms with Gasteiger partial charge in [-0.3, -0.25) is 9.78 Å². The van der Waals surface area contributed by atoms with Gasteiger partial charge in [0.15, 0.2) is 5.78 Å². The van der Waals surface area contributed by atoms with Gasteiger partial charge in [-0.1, -0.05) is 91.0 Å². The Morgan fingerprint density at radius 2 is 1.34 bits per heavy atom. The molecule has 2 nitrogen and oxygen atoms in total. The Labute approximate surface area is 169 Å². The Morgan fingerprint density at radius 1 is 0.690 bits per heavy atom. The maximum absolute atomic E-state index is 13.7. The number of hydrogen-bond donors (Lipinski definition) is 0. The largest absolute Gasteiger partial charge is 0.293 e. The quantitative estimate of drug-likeness (QED) is 0.269. The van der Waals surface area contributed by atoms with E-state index in [-0.39, 0.29) is 5.78 Å². The lowest BCUT2D eigenvalue weighted by Gasteiger charge is -2.20. The lowest BCUT2D eigenvalue weighted by Crippen LogP contribution is -2.15. The van der Waals surface area contributed by atoms with Gasteiger partial charge in [0.05, 0.1) is 11.4 Å². The number of hydrogen-bond acceptors (Lipinski definition) is 2. The molecule has 0 aliphatic heterocycles. The minimum Gasteiger partial charge on any atom is -0.293 e. The smallest absolute Gasteiger partial charge is 0.174 e. The van der Waals surface area contributed by atoms with Gasteiger partial charge in [0.2, 0.25) is 0 Å². The molecule has 29 heavy (non-hydrogen) atoms. The van der Waals surface area contributed by atoms with E-state index in [1.807, 2.05) is 78.9 Å². The first-order valence-corrected chi connectivity index (χ1v) is 9.73. The van der Waals surface area contributed by atoms with Crippen LogP contribution < -0.4 is 0 Å². The highest BCUT2D eigenvalue weighted by atomic mass is 16.1. The summed E-state index contributed by atoms with van der Waals surface area (Å²) in [6, 6.07) is 34.0. The third kappa shape index (κ3) is 3.09.